The number of furan rings is 1. The van der Waals surface area contributed by atoms with Crippen LogP contribution in [0.4, 0.5) is 0 Å². The summed E-state index contributed by atoms with van der Waals surface area (Å²) in [4.78, 5) is 7.25. The van der Waals surface area contributed by atoms with Crippen LogP contribution < -0.4 is 0 Å². The standard InChI is InChI=1S/C18H20N2O/c1-13-19-18(12-20(13)2)9-8-15-14(11-18)5-3-6-16(15)17-7-4-10-21-17/h3-7,10H,8-9,11-12H2,1-2H3. The molecule has 1 aliphatic heterocycles. The summed E-state index contributed by atoms with van der Waals surface area (Å²) in [5, 5.41) is 0. The normalized spacial score (nSPS) is 24.3. The second-order valence-corrected chi connectivity index (χ2v) is 6.34. The van der Waals surface area contributed by atoms with Gasteiger partial charge in [-0.1, -0.05) is 18.2 Å². The SMILES string of the molecule is CC1=NC2(CCc3c(cccc3-c3ccco3)C2)CN1C. The lowest BCUT2D eigenvalue weighted by Crippen LogP contribution is -2.39. The Hall–Kier alpha value is -2.03. The molecule has 3 nitrogen and oxygen atoms in total. The van der Waals surface area contributed by atoms with Crippen molar-refractivity contribution in [1.29, 1.82) is 0 Å². The summed E-state index contributed by atoms with van der Waals surface area (Å²) in [5.74, 6) is 2.15. The van der Waals surface area contributed by atoms with Crippen LogP contribution in [0.15, 0.2) is 46.0 Å². The minimum absolute atomic E-state index is 0.0909. The van der Waals surface area contributed by atoms with Crippen LogP contribution >= 0.6 is 0 Å². The maximum atomic E-state index is 5.60. The van der Waals surface area contributed by atoms with Gasteiger partial charge >= 0.3 is 0 Å². The first-order valence-electron chi connectivity index (χ1n) is 7.59. The van der Waals surface area contributed by atoms with Gasteiger partial charge in [0.1, 0.15) is 5.76 Å². The molecular formula is C18H20N2O. The van der Waals surface area contributed by atoms with Crippen LogP contribution in [0.25, 0.3) is 11.3 Å². The van der Waals surface area contributed by atoms with E-state index in [1.165, 1.54) is 22.5 Å². The Morgan fingerprint density at radius 1 is 1.24 bits per heavy atom. The zero-order valence-corrected chi connectivity index (χ0v) is 12.6. The van der Waals surface area contributed by atoms with Gasteiger partial charge in [0.15, 0.2) is 0 Å². The number of nitrogens with zero attached hydrogens (tertiary/aromatic N) is 2. The molecule has 1 aromatic carbocycles. The first-order valence-corrected chi connectivity index (χ1v) is 7.59. The summed E-state index contributed by atoms with van der Waals surface area (Å²) in [7, 11) is 2.14. The quantitative estimate of drug-likeness (QED) is 0.799. The largest absolute Gasteiger partial charge is 0.464 e. The third-order valence-corrected chi connectivity index (χ3v) is 4.90. The second kappa shape index (κ2) is 4.48. The smallest absolute Gasteiger partial charge is 0.134 e. The molecule has 2 aliphatic rings. The van der Waals surface area contributed by atoms with Gasteiger partial charge < -0.3 is 9.32 Å². The molecule has 4 rings (SSSR count). The summed E-state index contributed by atoms with van der Waals surface area (Å²) in [6.07, 6.45) is 4.99. The van der Waals surface area contributed by atoms with E-state index in [9.17, 15) is 0 Å². The van der Waals surface area contributed by atoms with Gasteiger partial charge in [0.2, 0.25) is 0 Å². The Balaban J connectivity index is 1.74. The van der Waals surface area contributed by atoms with Crippen LogP contribution in [-0.2, 0) is 12.8 Å². The van der Waals surface area contributed by atoms with Crippen molar-refractivity contribution in [3.05, 3.63) is 47.7 Å². The molecular weight excluding hydrogens is 260 g/mol. The Morgan fingerprint density at radius 3 is 2.86 bits per heavy atom. The summed E-state index contributed by atoms with van der Waals surface area (Å²) >= 11 is 0. The highest BCUT2D eigenvalue weighted by atomic mass is 16.3. The molecule has 0 bridgehead atoms. The molecule has 1 aromatic heterocycles. The number of rotatable bonds is 1. The molecule has 1 spiro atoms. The first-order chi connectivity index (χ1) is 10.2. The Bertz CT molecular complexity index is 702. The molecule has 0 saturated heterocycles. The zero-order chi connectivity index (χ0) is 14.4. The minimum atomic E-state index is 0.0909. The van der Waals surface area contributed by atoms with Crippen molar-refractivity contribution in [3.8, 4) is 11.3 Å². The maximum absolute atomic E-state index is 5.60. The molecule has 2 aromatic rings. The minimum Gasteiger partial charge on any atom is -0.464 e. The van der Waals surface area contributed by atoms with E-state index < -0.39 is 0 Å². The Morgan fingerprint density at radius 2 is 2.14 bits per heavy atom. The van der Waals surface area contributed by atoms with Gasteiger partial charge in [-0.3, -0.25) is 4.99 Å². The zero-order valence-electron chi connectivity index (χ0n) is 12.6. The number of hydrogen-bond acceptors (Lipinski definition) is 3. The molecule has 21 heavy (non-hydrogen) atoms. The van der Waals surface area contributed by atoms with E-state index in [0.717, 1.165) is 31.6 Å². The molecule has 0 N–H and O–H groups in total. The third kappa shape index (κ3) is 1.99. The van der Waals surface area contributed by atoms with Gasteiger partial charge in [-0.25, -0.2) is 0 Å². The number of likely N-dealkylation sites (N-methyl/N-ethyl adjacent to an activating group) is 1. The highest BCUT2D eigenvalue weighted by molar-refractivity contribution is 5.82. The van der Waals surface area contributed by atoms with Gasteiger partial charge in [-0.15, -0.1) is 0 Å². The van der Waals surface area contributed by atoms with Crippen molar-refractivity contribution >= 4 is 5.84 Å². The highest BCUT2D eigenvalue weighted by Crippen LogP contribution is 2.39. The second-order valence-electron chi connectivity index (χ2n) is 6.34. The summed E-state index contributed by atoms with van der Waals surface area (Å²) in [5.41, 5.74) is 4.22. The fourth-order valence-corrected chi connectivity index (χ4v) is 3.81. The molecule has 0 radical (unpaired) electrons. The van der Waals surface area contributed by atoms with Gasteiger partial charge in [-0.05, 0) is 49.4 Å². The molecule has 0 fully saturated rings. The summed E-state index contributed by atoms with van der Waals surface area (Å²) < 4.78 is 5.60. The molecule has 2 heterocycles. The van der Waals surface area contributed by atoms with Crippen molar-refractivity contribution in [1.82, 2.24) is 4.90 Å². The fourth-order valence-electron chi connectivity index (χ4n) is 3.81. The first kappa shape index (κ1) is 12.7. The predicted molar refractivity (Wildman–Crippen MR) is 84.6 cm³/mol. The topological polar surface area (TPSA) is 28.7 Å². The van der Waals surface area contributed by atoms with E-state index in [4.69, 9.17) is 9.41 Å². The van der Waals surface area contributed by atoms with Crippen molar-refractivity contribution < 1.29 is 4.42 Å². The van der Waals surface area contributed by atoms with Crippen LogP contribution in [0.5, 0.6) is 0 Å². The van der Waals surface area contributed by atoms with E-state index in [2.05, 4.69) is 37.1 Å². The molecule has 1 aliphatic carbocycles. The van der Waals surface area contributed by atoms with Gasteiger partial charge in [-0.2, -0.15) is 0 Å². The van der Waals surface area contributed by atoms with Gasteiger partial charge in [0, 0.05) is 19.2 Å². The van der Waals surface area contributed by atoms with E-state index >= 15 is 0 Å². The third-order valence-electron chi connectivity index (χ3n) is 4.90. The van der Waals surface area contributed by atoms with Crippen molar-refractivity contribution in [2.75, 3.05) is 13.6 Å². The average molecular weight is 280 g/mol. The predicted octanol–water partition coefficient (Wildman–Crippen LogP) is 3.54. The number of aliphatic imine (C=N–C) groups is 1. The van der Waals surface area contributed by atoms with E-state index in [-0.39, 0.29) is 5.54 Å². The number of amidine groups is 1. The van der Waals surface area contributed by atoms with Gasteiger partial charge in [0.05, 0.1) is 17.6 Å². The molecule has 108 valence electrons. The van der Waals surface area contributed by atoms with Crippen LogP contribution in [0.3, 0.4) is 0 Å². The Kier molecular flexibility index (Phi) is 2.71. The molecule has 3 heteroatoms. The van der Waals surface area contributed by atoms with Crippen LogP contribution in [0, 0.1) is 0 Å². The van der Waals surface area contributed by atoms with Crippen molar-refractivity contribution in [3.63, 3.8) is 0 Å². The van der Waals surface area contributed by atoms with Gasteiger partial charge in [0.25, 0.3) is 0 Å². The molecule has 1 unspecified atom stereocenters. The average Bonchev–Trinajstić information content (AvgIpc) is 3.08. The lowest BCUT2D eigenvalue weighted by Gasteiger charge is -2.33. The fraction of sp³-hybridized carbons (Fsp3) is 0.389. The molecule has 0 saturated carbocycles. The number of fused-ring (bicyclic) bond motifs is 1. The number of benzene rings is 1. The maximum Gasteiger partial charge on any atom is 0.134 e. The molecule has 1 atom stereocenters. The van der Waals surface area contributed by atoms with Crippen molar-refractivity contribution in [2.24, 2.45) is 4.99 Å². The monoisotopic (exact) mass is 280 g/mol. The van der Waals surface area contributed by atoms with Crippen molar-refractivity contribution in [2.45, 2.75) is 31.7 Å². The lowest BCUT2D eigenvalue weighted by molar-refractivity contribution is 0.335. The van der Waals surface area contributed by atoms with E-state index in [1.54, 1.807) is 6.26 Å². The molecule has 0 amide bonds. The Labute approximate surface area is 125 Å². The van der Waals surface area contributed by atoms with Crippen LogP contribution in [0.2, 0.25) is 0 Å². The summed E-state index contributed by atoms with van der Waals surface area (Å²) in [6, 6.07) is 10.6. The van der Waals surface area contributed by atoms with Crippen LogP contribution in [0.1, 0.15) is 24.5 Å². The number of hydrogen-bond donors (Lipinski definition) is 0. The summed E-state index contributed by atoms with van der Waals surface area (Å²) in [6.45, 7) is 3.16. The lowest BCUT2D eigenvalue weighted by atomic mass is 9.77. The highest BCUT2D eigenvalue weighted by Gasteiger charge is 2.40. The van der Waals surface area contributed by atoms with E-state index in [0.29, 0.717) is 0 Å². The van der Waals surface area contributed by atoms with Crippen LogP contribution in [-0.4, -0.2) is 29.9 Å². The van der Waals surface area contributed by atoms with E-state index in [1.807, 2.05) is 12.1 Å².